The van der Waals surface area contributed by atoms with Gasteiger partial charge in [0.25, 0.3) is 0 Å². The summed E-state index contributed by atoms with van der Waals surface area (Å²) in [5.74, 6) is 1.68. The molecule has 0 saturated heterocycles. The molecule has 0 fully saturated rings. The third kappa shape index (κ3) is 7.94. The van der Waals surface area contributed by atoms with Gasteiger partial charge in [0, 0.05) is 18.3 Å². The van der Waals surface area contributed by atoms with Crippen LogP contribution in [0.5, 0.6) is 5.75 Å². The van der Waals surface area contributed by atoms with Crippen molar-refractivity contribution in [3.8, 4) is 5.75 Å². The fourth-order valence-electron chi connectivity index (χ4n) is 3.12. The summed E-state index contributed by atoms with van der Waals surface area (Å²) in [5.41, 5.74) is 3.36. The Morgan fingerprint density at radius 1 is 1.10 bits per heavy atom. The van der Waals surface area contributed by atoms with Crippen molar-refractivity contribution in [2.45, 2.75) is 58.5 Å². The Morgan fingerprint density at radius 2 is 1.81 bits per heavy atom. The van der Waals surface area contributed by atoms with Crippen molar-refractivity contribution in [3.63, 3.8) is 0 Å². The molecule has 31 heavy (non-hydrogen) atoms. The minimum absolute atomic E-state index is 0.0414. The first kappa shape index (κ1) is 24.8. The van der Waals surface area contributed by atoms with Crippen LogP contribution in [0.1, 0.15) is 43.9 Å². The van der Waals surface area contributed by atoms with Gasteiger partial charge >= 0.3 is 0 Å². The van der Waals surface area contributed by atoms with Crippen molar-refractivity contribution >= 4 is 23.6 Å². The molecule has 2 aromatic carbocycles. The first-order chi connectivity index (χ1) is 14.8. The molecule has 0 radical (unpaired) electrons. The fourth-order valence-corrected chi connectivity index (χ4v) is 3.97. The number of methoxy groups -OCH3 is 1. The van der Waals surface area contributed by atoms with Crippen LogP contribution in [0, 0.1) is 6.92 Å². The van der Waals surface area contributed by atoms with Crippen LogP contribution >= 0.6 is 11.8 Å². The highest BCUT2D eigenvalue weighted by atomic mass is 32.2. The predicted octanol–water partition coefficient (Wildman–Crippen LogP) is 4.57. The lowest BCUT2D eigenvalue weighted by Crippen LogP contribution is -2.50. The molecule has 5 nitrogen and oxygen atoms in total. The highest BCUT2D eigenvalue weighted by Gasteiger charge is 2.26. The van der Waals surface area contributed by atoms with Crippen LogP contribution in [0.4, 0.5) is 0 Å². The van der Waals surface area contributed by atoms with E-state index in [1.165, 1.54) is 11.1 Å². The molecule has 0 spiro atoms. The van der Waals surface area contributed by atoms with Gasteiger partial charge in [0.1, 0.15) is 11.8 Å². The van der Waals surface area contributed by atoms with E-state index >= 15 is 0 Å². The normalized spacial score (nSPS) is 12.7. The van der Waals surface area contributed by atoms with Crippen LogP contribution in [0.3, 0.4) is 0 Å². The summed E-state index contributed by atoms with van der Waals surface area (Å²) in [6.45, 7) is 8.23. The van der Waals surface area contributed by atoms with E-state index in [1.54, 1.807) is 30.7 Å². The predicted molar refractivity (Wildman–Crippen MR) is 128 cm³/mol. The van der Waals surface area contributed by atoms with Gasteiger partial charge in [-0.3, -0.25) is 9.59 Å². The summed E-state index contributed by atoms with van der Waals surface area (Å²) in [4.78, 5) is 27.5. The highest BCUT2D eigenvalue weighted by Crippen LogP contribution is 2.18. The molecule has 2 rings (SSSR count). The number of hydrogen-bond acceptors (Lipinski definition) is 4. The van der Waals surface area contributed by atoms with Crippen molar-refractivity contribution in [2.75, 3.05) is 12.9 Å². The van der Waals surface area contributed by atoms with Gasteiger partial charge in [-0.15, -0.1) is 11.8 Å². The Hall–Kier alpha value is -2.47. The molecule has 2 aromatic rings. The van der Waals surface area contributed by atoms with Crippen LogP contribution in [0.2, 0.25) is 0 Å². The largest absolute Gasteiger partial charge is 0.497 e. The number of hydrogen-bond donors (Lipinski definition) is 1. The smallest absolute Gasteiger partial charge is 0.242 e. The van der Waals surface area contributed by atoms with Gasteiger partial charge in [0.2, 0.25) is 11.8 Å². The van der Waals surface area contributed by atoms with Crippen LogP contribution < -0.4 is 10.1 Å². The number of rotatable bonds is 11. The number of carbonyl (C=O) groups is 2. The summed E-state index contributed by atoms with van der Waals surface area (Å²) in [6.07, 6.45) is 0.844. The fraction of sp³-hybridized carbons (Fsp3) is 0.440. The first-order valence-electron chi connectivity index (χ1n) is 10.7. The van der Waals surface area contributed by atoms with Crippen LogP contribution in [-0.4, -0.2) is 41.7 Å². The number of amides is 2. The van der Waals surface area contributed by atoms with E-state index in [1.807, 2.05) is 44.2 Å². The summed E-state index contributed by atoms with van der Waals surface area (Å²) in [5, 5.41) is 3.00. The van der Waals surface area contributed by atoms with E-state index in [-0.39, 0.29) is 17.9 Å². The first-order valence-corrected chi connectivity index (χ1v) is 11.9. The molecule has 0 aliphatic rings. The van der Waals surface area contributed by atoms with Gasteiger partial charge < -0.3 is 15.0 Å². The molecule has 1 N–H and O–H groups in total. The van der Waals surface area contributed by atoms with Gasteiger partial charge in [-0.1, -0.05) is 48.9 Å². The number of thioether (sulfide) groups is 1. The monoisotopic (exact) mass is 442 g/mol. The van der Waals surface area contributed by atoms with Crippen molar-refractivity contribution in [1.29, 1.82) is 0 Å². The minimum Gasteiger partial charge on any atom is -0.497 e. The average molecular weight is 443 g/mol. The number of nitrogens with one attached hydrogen (secondary N) is 1. The van der Waals surface area contributed by atoms with Gasteiger partial charge in [-0.25, -0.2) is 0 Å². The maximum Gasteiger partial charge on any atom is 0.242 e. The van der Waals surface area contributed by atoms with E-state index < -0.39 is 6.04 Å². The zero-order valence-corrected chi connectivity index (χ0v) is 20.0. The van der Waals surface area contributed by atoms with Crippen molar-refractivity contribution < 1.29 is 14.3 Å². The van der Waals surface area contributed by atoms with Gasteiger partial charge in [-0.2, -0.15) is 0 Å². The number of carbonyl (C=O) groups excluding carboxylic acids is 2. The molecule has 168 valence electrons. The van der Waals surface area contributed by atoms with Crippen molar-refractivity contribution in [2.24, 2.45) is 0 Å². The van der Waals surface area contributed by atoms with Crippen LogP contribution in [0.25, 0.3) is 0 Å². The van der Waals surface area contributed by atoms with Gasteiger partial charge in [0.15, 0.2) is 0 Å². The Balaban J connectivity index is 2.08. The number of nitrogens with zero attached hydrogens (tertiary/aromatic N) is 1. The summed E-state index contributed by atoms with van der Waals surface area (Å²) in [7, 11) is 1.62. The number of aryl methyl sites for hydroxylation is 1. The van der Waals surface area contributed by atoms with Crippen LogP contribution in [0.15, 0.2) is 48.5 Å². The second-order valence-corrected chi connectivity index (χ2v) is 8.83. The Bertz CT molecular complexity index is 854. The molecule has 0 aliphatic carbocycles. The molecule has 0 saturated carbocycles. The van der Waals surface area contributed by atoms with Gasteiger partial charge in [0.05, 0.1) is 12.9 Å². The summed E-state index contributed by atoms with van der Waals surface area (Å²) < 4.78 is 5.22. The highest BCUT2D eigenvalue weighted by molar-refractivity contribution is 7.99. The Labute approximate surface area is 190 Å². The maximum atomic E-state index is 13.1. The summed E-state index contributed by atoms with van der Waals surface area (Å²) >= 11 is 1.57. The second-order valence-electron chi connectivity index (χ2n) is 7.85. The molecular formula is C25H34N2O3S. The quantitative estimate of drug-likeness (QED) is 0.554. The van der Waals surface area contributed by atoms with Crippen LogP contribution in [-0.2, 0) is 21.9 Å². The molecule has 0 aliphatic heterocycles. The van der Waals surface area contributed by atoms with Crippen molar-refractivity contribution in [1.82, 2.24) is 10.2 Å². The third-order valence-electron chi connectivity index (χ3n) is 5.26. The molecule has 0 unspecified atom stereocenters. The van der Waals surface area contributed by atoms with E-state index in [0.717, 1.165) is 23.5 Å². The molecule has 2 amide bonds. The molecule has 6 heteroatoms. The molecule has 2 atom stereocenters. The standard InChI is InChI=1S/C25H34N2O3S/c1-6-19(3)26-25(29)20(4)27(15-21-10-12-23(30-5)13-11-21)24(28)17-31-16-22-9-7-8-18(2)14-22/h7-14,19-20H,6,15-17H2,1-5H3,(H,26,29)/t19-,20-/m0/s1. The molecular weight excluding hydrogens is 408 g/mol. The number of benzene rings is 2. The van der Waals surface area contributed by atoms with Gasteiger partial charge in [-0.05, 0) is 50.5 Å². The van der Waals surface area contributed by atoms with E-state index in [0.29, 0.717) is 12.3 Å². The second kappa shape index (κ2) is 12.4. The Morgan fingerprint density at radius 3 is 2.42 bits per heavy atom. The number of ether oxygens (including phenoxy) is 1. The third-order valence-corrected chi connectivity index (χ3v) is 6.25. The topological polar surface area (TPSA) is 58.6 Å². The SMILES string of the molecule is CC[C@H](C)NC(=O)[C@H](C)N(Cc1ccc(OC)cc1)C(=O)CSCc1cccc(C)c1. The zero-order chi connectivity index (χ0) is 22.8. The average Bonchev–Trinajstić information content (AvgIpc) is 2.77. The van der Waals surface area contributed by atoms with E-state index in [4.69, 9.17) is 4.74 Å². The lowest BCUT2D eigenvalue weighted by molar-refractivity contribution is -0.138. The molecule has 0 bridgehead atoms. The lowest BCUT2D eigenvalue weighted by atomic mass is 10.1. The molecule has 0 aromatic heterocycles. The lowest BCUT2D eigenvalue weighted by Gasteiger charge is -2.29. The van der Waals surface area contributed by atoms with Crippen molar-refractivity contribution in [3.05, 3.63) is 65.2 Å². The minimum atomic E-state index is -0.553. The molecule has 0 heterocycles. The zero-order valence-electron chi connectivity index (χ0n) is 19.2. The Kier molecular flexibility index (Phi) is 9.92. The summed E-state index contributed by atoms with van der Waals surface area (Å²) in [6, 6.07) is 15.4. The van der Waals surface area contributed by atoms with E-state index in [9.17, 15) is 9.59 Å². The maximum absolute atomic E-state index is 13.1. The van der Waals surface area contributed by atoms with E-state index in [2.05, 4.69) is 30.4 Å².